The van der Waals surface area contributed by atoms with E-state index in [1.807, 2.05) is 6.07 Å². The van der Waals surface area contributed by atoms with Crippen molar-refractivity contribution in [1.82, 2.24) is 4.57 Å². The lowest BCUT2D eigenvalue weighted by Crippen LogP contribution is -2.26. The number of rotatable bonds is 3. The lowest BCUT2D eigenvalue weighted by atomic mass is 10.1. The first kappa shape index (κ1) is 12.8. The summed E-state index contributed by atoms with van der Waals surface area (Å²) >= 11 is 0. The molecule has 0 saturated carbocycles. The number of carbonyl (C=O) groups is 1. The molecule has 1 aromatic carbocycles. The number of carbonyl (C=O) groups excluding carboxylic acids is 1. The van der Waals surface area contributed by atoms with Gasteiger partial charge in [0.25, 0.3) is 5.56 Å². The van der Waals surface area contributed by atoms with Crippen molar-refractivity contribution >= 4 is 5.78 Å². The van der Waals surface area contributed by atoms with E-state index in [-0.39, 0.29) is 23.7 Å². The van der Waals surface area contributed by atoms with Crippen molar-refractivity contribution in [3.05, 3.63) is 69.4 Å². The molecule has 3 rings (SSSR count). The van der Waals surface area contributed by atoms with Gasteiger partial charge in [0.05, 0.1) is 6.54 Å². The first-order chi connectivity index (χ1) is 9.65. The summed E-state index contributed by atoms with van der Waals surface area (Å²) < 4.78 is 14.4. The van der Waals surface area contributed by atoms with Crippen LogP contribution in [-0.2, 0) is 19.4 Å². The summed E-state index contributed by atoms with van der Waals surface area (Å²) in [6.45, 7) is 0.0215. The minimum atomic E-state index is -0.376. The van der Waals surface area contributed by atoms with Gasteiger partial charge in [0, 0.05) is 17.3 Å². The SMILES string of the molecule is O=C(Cn1c2c(ccc1=O)CCC2)c1ccc(F)cc1. The van der Waals surface area contributed by atoms with E-state index in [9.17, 15) is 14.0 Å². The van der Waals surface area contributed by atoms with E-state index in [4.69, 9.17) is 0 Å². The van der Waals surface area contributed by atoms with Crippen molar-refractivity contribution in [3.63, 3.8) is 0 Å². The van der Waals surface area contributed by atoms with Crippen LogP contribution >= 0.6 is 0 Å². The molecule has 0 spiro atoms. The molecule has 0 atom stereocenters. The Balaban J connectivity index is 1.92. The van der Waals surface area contributed by atoms with Gasteiger partial charge in [0.2, 0.25) is 0 Å². The maximum absolute atomic E-state index is 12.9. The highest BCUT2D eigenvalue weighted by Gasteiger charge is 2.17. The van der Waals surface area contributed by atoms with E-state index >= 15 is 0 Å². The highest BCUT2D eigenvalue weighted by atomic mass is 19.1. The first-order valence-corrected chi connectivity index (χ1v) is 6.65. The first-order valence-electron chi connectivity index (χ1n) is 6.65. The molecule has 3 nitrogen and oxygen atoms in total. The number of fused-ring (bicyclic) bond motifs is 1. The summed E-state index contributed by atoms with van der Waals surface area (Å²) in [5, 5.41) is 0. The third-order valence-electron chi connectivity index (χ3n) is 3.72. The molecule has 1 heterocycles. The van der Waals surface area contributed by atoms with Crippen LogP contribution in [0, 0.1) is 5.82 Å². The largest absolute Gasteiger partial charge is 0.305 e. The number of hydrogen-bond acceptors (Lipinski definition) is 2. The summed E-state index contributed by atoms with van der Waals surface area (Å²) in [4.78, 5) is 24.1. The molecule has 20 heavy (non-hydrogen) atoms. The number of nitrogens with zero attached hydrogens (tertiary/aromatic N) is 1. The van der Waals surface area contributed by atoms with Crippen LogP contribution in [0.5, 0.6) is 0 Å². The predicted molar refractivity (Wildman–Crippen MR) is 73.5 cm³/mol. The summed E-state index contributed by atoms with van der Waals surface area (Å²) in [6, 6.07) is 8.78. The maximum Gasteiger partial charge on any atom is 0.251 e. The zero-order chi connectivity index (χ0) is 14.1. The molecular formula is C16H14FNO2. The average Bonchev–Trinajstić information content (AvgIpc) is 2.91. The van der Waals surface area contributed by atoms with E-state index in [0.717, 1.165) is 30.5 Å². The van der Waals surface area contributed by atoms with Gasteiger partial charge in [0.1, 0.15) is 5.82 Å². The van der Waals surface area contributed by atoms with Crippen LogP contribution in [0.15, 0.2) is 41.2 Å². The van der Waals surface area contributed by atoms with Crippen LogP contribution in [0.25, 0.3) is 0 Å². The fraction of sp³-hybridized carbons (Fsp3) is 0.250. The number of hydrogen-bond donors (Lipinski definition) is 0. The smallest absolute Gasteiger partial charge is 0.251 e. The second-order valence-electron chi connectivity index (χ2n) is 5.01. The zero-order valence-corrected chi connectivity index (χ0v) is 10.9. The van der Waals surface area contributed by atoms with Crippen LogP contribution in [0.2, 0.25) is 0 Å². The molecule has 0 bridgehead atoms. The van der Waals surface area contributed by atoms with Crippen molar-refractivity contribution in [3.8, 4) is 0 Å². The number of benzene rings is 1. The predicted octanol–water partition coefficient (Wildman–Crippen LogP) is 2.36. The van der Waals surface area contributed by atoms with E-state index in [2.05, 4.69) is 0 Å². The van der Waals surface area contributed by atoms with Gasteiger partial charge in [-0.1, -0.05) is 6.07 Å². The molecule has 0 fully saturated rings. The molecule has 4 heteroatoms. The Hall–Kier alpha value is -2.23. The van der Waals surface area contributed by atoms with Crippen molar-refractivity contribution in [2.24, 2.45) is 0 Å². The number of aryl methyl sites for hydroxylation is 1. The summed E-state index contributed by atoms with van der Waals surface area (Å²) in [5.41, 5.74) is 2.39. The Bertz CT molecular complexity index is 716. The quantitative estimate of drug-likeness (QED) is 0.804. The van der Waals surface area contributed by atoms with Crippen molar-refractivity contribution in [1.29, 1.82) is 0 Å². The van der Waals surface area contributed by atoms with Crippen molar-refractivity contribution in [2.75, 3.05) is 0 Å². The van der Waals surface area contributed by atoms with Gasteiger partial charge in [0.15, 0.2) is 5.78 Å². The average molecular weight is 271 g/mol. The second-order valence-corrected chi connectivity index (χ2v) is 5.01. The van der Waals surface area contributed by atoms with Gasteiger partial charge in [-0.05, 0) is 49.1 Å². The molecule has 0 saturated heterocycles. The van der Waals surface area contributed by atoms with Gasteiger partial charge < -0.3 is 4.57 Å². The minimum Gasteiger partial charge on any atom is -0.305 e. The molecule has 0 radical (unpaired) electrons. The Kier molecular flexibility index (Phi) is 3.22. The number of pyridine rings is 1. The Morgan fingerprint density at radius 1 is 1.10 bits per heavy atom. The molecule has 0 amide bonds. The molecule has 1 aliphatic rings. The number of ketones is 1. The number of aromatic nitrogens is 1. The maximum atomic E-state index is 12.9. The Morgan fingerprint density at radius 3 is 2.60 bits per heavy atom. The van der Waals surface area contributed by atoms with Crippen LogP contribution in [0.1, 0.15) is 28.0 Å². The van der Waals surface area contributed by atoms with Crippen molar-refractivity contribution < 1.29 is 9.18 Å². The fourth-order valence-corrected chi connectivity index (χ4v) is 2.68. The van der Waals surface area contributed by atoms with E-state index in [0.29, 0.717) is 5.56 Å². The standard InChI is InChI=1S/C16H14FNO2/c17-13-7-4-12(5-8-13)15(19)10-18-14-3-1-2-11(14)6-9-16(18)20/h4-9H,1-3,10H2. The normalized spacial score (nSPS) is 13.2. The van der Waals surface area contributed by atoms with Crippen LogP contribution in [0.3, 0.4) is 0 Å². The molecule has 1 aromatic heterocycles. The molecule has 102 valence electrons. The van der Waals surface area contributed by atoms with Crippen LogP contribution in [0.4, 0.5) is 4.39 Å². The van der Waals surface area contributed by atoms with Crippen molar-refractivity contribution in [2.45, 2.75) is 25.8 Å². The highest BCUT2D eigenvalue weighted by molar-refractivity contribution is 5.95. The van der Waals surface area contributed by atoms with Gasteiger partial charge in [-0.25, -0.2) is 4.39 Å². The van der Waals surface area contributed by atoms with Gasteiger partial charge >= 0.3 is 0 Å². The Labute approximate surface area is 115 Å². The molecule has 0 N–H and O–H groups in total. The highest BCUT2D eigenvalue weighted by Crippen LogP contribution is 2.20. The van der Waals surface area contributed by atoms with E-state index in [1.165, 1.54) is 30.3 Å². The molecule has 0 aliphatic heterocycles. The monoisotopic (exact) mass is 271 g/mol. The molecule has 2 aromatic rings. The summed E-state index contributed by atoms with van der Waals surface area (Å²) in [6.07, 6.45) is 2.81. The van der Waals surface area contributed by atoms with Gasteiger partial charge in [-0.2, -0.15) is 0 Å². The van der Waals surface area contributed by atoms with Gasteiger partial charge in [-0.15, -0.1) is 0 Å². The minimum absolute atomic E-state index is 0.0215. The second kappa shape index (κ2) is 5.04. The topological polar surface area (TPSA) is 39.1 Å². The van der Waals surface area contributed by atoms with Crippen LogP contribution < -0.4 is 5.56 Å². The number of Topliss-reactive ketones (excluding diaryl/α,β-unsaturated/α-hetero) is 1. The summed E-state index contributed by atoms with van der Waals surface area (Å²) in [5.74, 6) is -0.549. The molecule has 1 aliphatic carbocycles. The van der Waals surface area contributed by atoms with Crippen LogP contribution in [-0.4, -0.2) is 10.4 Å². The lowest BCUT2D eigenvalue weighted by molar-refractivity contribution is 0.0969. The van der Waals surface area contributed by atoms with E-state index in [1.54, 1.807) is 4.57 Å². The number of halogens is 1. The van der Waals surface area contributed by atoms with E-state index < -0.39 is 0 Å². The summed E-state index contributed by atoms with van der Waals surface area (Å²) in [7, 11) is 0. The zero-order valence-electron chi connectivity index (χ0n) is 10.9. The fourth-order valence-electron chi connectivity index (χ4n) is 2.68. The molecular weight excluding hydrogens is 257 g/mol. The third kappa shape index (κ3) is 2.29. The third-order valence-corrected chi connectivity index (χ3v) is 3.72. The Morgan fingerprint density at radius 2 is 1.85 bits per heavy atom. The molecule has 0 unspecified atom stereocenters. The lowest BCUT2D eigenvalue weighted by Gasteiger charge is -2.11. The van der Waals surface area contributed by atoms with Gasteiger partial charge in [-0.3, -0.25) is 9.59 Å².